The molecule has 0 bridgehead atoms. The van der Waals surface area contributed by atoms with Crippen LogP contribution in [0.2, 0.25) is 0 Å². The molecular formula is C15H16O6. The van der Waals surface area contributed by atoms with Crippen molar-refractivity contribution >= 4 is 11.8 Å². The number of Topliss-reactive ketones (excluding diaryl/α,β-unsaturated/α-hetero) is 1. The van der Waals surface area contributed by atoms with E-state index < -0.39 is 5.97 Å². The van der Waals surface area contributed by atoms with Gasteiger partial charge < -0.3 is 19.3 Å². The summed E-state index contributed by atoms with van der Waals surface area (Å²) in [6.45, 7) is 0. The minimum Gasteiger partial charge on any atom is -0.493 e. The van der Waals surface area contributed by atoms with Crippen LogP contribution >= 0.6 is 0 Å². The first-order valence-corrected chi connectivity index (χ1v) is 6.33. The Morgan fingerprint density at radius 1 is 1.14 bits per heavy atom. The second-order valence-electron chi connectivity index (χ2n) is 4.51. The van der Waals surface area contributed by atoms with Gasteiger partial charge in [-0.2, -0.15) is 0 Å². The zero-order chi connectivity index (χ0) is 15.6. The summed E-state index contributed by atoms with van der Waals surface area (Å²) in [5.41, 5.74) is 1.37. The topological polar surface area (TPSA) is 82.1 Å². The van der Waals surface area contributed by atoms with Crippen molar-refractivity contribution in [3.63, 3.8) is 0 Å². The first kappa shape index (κ1) is 14.9. The van der Waals surface area contributed by atoms with Crippen LogP contribution in [0.3, 0.4) is 0 Å². The van der Waals surface area contributed by atoms with E-state index in [0.29, 0.717) is 41.2 Å². The molecule has 0 heterocycles. The Balaban J connectivity index is 2.64. The Labute approximate surface area is 121 Å². The van der Waals surface area contributed by atoms with Crippen molar-refractivity contribution in [3.05, 3.63) is 28.8 Å². The van der Waals surface area contributed by atoms with Crippen LogP contribution in [0.1, 0.15) is 22.3 Å². The molecule has 0 aromatic heterocycles. The molecule has 1 N–H and O–H groups in total. The third kappa shape index (κ3) is 2.56. The molecule has 0 fully saturated rings. The number of hydrogen-bond acceptors (Lipinski definition) is 5. The van der Waals surface area contributed by atoms with Gasteiger partial charge in [-0.25, -0.2) is 4.79 Å². The molecule has 0 saturated heterocycles. The van der Waals surface area contributed by atoms with Gasteiger partial charge in [-0.05, 0) is 18.9 Å². The fourth-order valence-corrected chi connectivity index (χ4v) is 2.50. The monoisotopic (exact) mass is 292 g/mol. The van der Waals surface area contributed by atoms with Crippen molar-refractivity contribution < 1.29 is 28.9 Å². The predicted molar refractivity (Wildman–Crippen MR) is 74.5 cm³/mol. The van der Waals surface area contributed by atoms with Crippen LogP contribution in [0.25, 0.3) is 0 Å². The van der Waals surface area contributed by atoms with Crippen molar-refractivity contribution in [3.8, 4) is 17.2 Å². The maximum atomic E-state index is 12.4. The summed E-state index contributed by atoms with van der Waals surface area (Å²) in [5.74, 6) is -0.197. The zero-order valence-corrected chi connectivity index (χ0v) is 12.1. The summed E-state index contributed by atoms with van der Waals surface area (Å²) in [5, 5.41) is 8.82. The van der Waals surface area contributed by atoms with Gasteiger partial charge in [0.2, 0.25) is 5.75 Å². The highest BCUT2D eigenvalue weighted by Crippen LogP contribution is 2.44. The molecule has 1 aliphatic rings. The lowest BCUT2D eigenvalue weighted by Crippen LogP contribution is -2.17. The van der Waals surface area contributed by atoms with E-state index in [-0.39, 0.29) is 11.4 Å². The minimum absolute atomic E-state index is 0.268. The molecule has 0 aliphatic heterocycles. The first-order chi connectivity index (χ1) is 10.0. The van der Waals surface area contributed by atoms with Gasteiger partial charge in [0.05, 0.1) is 21.3 Å². The van der Waals surface area contributed by atoms with Crippen LogP contribution in [0.15, 0.2) is 17.7 Å². The molecule has 0 amide bonds. The average Bonchev–Trinajstić information content (AvgIpc) is 2.47. The lowest BCUT2D eigenvalue weighted by atomic mass is 9.85. The number of ether oxygens (including phenoxy) is 3. The van der Waals surface area contributed by atoms with E-state index in [1.54, 1.807) is 6.07 Å². The molecule has 1 aliphatic carbocycles. The van der Waals surface area contributed by atoms with Gasteiger partial charge in [0.25, 0.3) is 0 Å². The van der Waals surface area contributed by atoms with Crippen LogP contribution in [0.4, 0.5) is 0 Å². The molecule has 0 unspecified atom stereocenters. The van der Waals surface area contributed by atoms with Gasteiger partial charge in [-0.3, -0.25) is 4.79 Å². The molecule has 112 valence electrons. The van der Waals surface area contributed by atoms with Gasteiger partial charge in [0.15, 0.2) is 17.3 Å². The number of allylic oxidation sites excluding steroid dienone is 1. The van der Waals surface area contributed by atoms with E-state index in [0.717, 1.165) is 6.08 Å². The fourth-order valence-electron chi connectivity index (χ4n) is 2.50. The van der Waals surface area contributed by atoms with E-state index in [4.69, 9.17) is 19.3 Å². The highest BCUT2D eigenvalue weighted by atomic mass is 16.5. The maximum Gasteiger partial charge on any atom is 0.328 e. The number of hydrogen-bond donors (Lipinski definition) is 1. The number of benzene rings is 1. The van der Waals surface area contributed by atoms with Crippen molar-refractivity contribution in [2.75, 3.05) is 21.3 Å². The Hall–Kier alpha value is -2.50. The van der Waals surface area contributed by atoms with Gasteiger partial charge >= 0.3 is 5.97 Å². The second-order valence-corrected chi connectivity index (χ2v) is 4.51. The number of carboxylic acid groups (broad SMARTS) is 1. The van der Waals surface area contributed by atoms with Crippen molar-refractivity contribution in [2.45, 2.75) is 12.8 Å². The van der Waals surface area contributed by atoms with E-state index >= 15 is 0 Å². The van der Waals surface area contributed by atoms with Crippen LogP contribution in [-0.2, 0) is 11.2 Å². The lowest BCUT2D eigenvalue weighted by Gasteiger charge is -2.23. The highest BCUT2D eigenvalue weighted by Gasteiger charge is 2.29. The first-order valence-electron chi connectivity index (χ1n) is 6.33. The smallest absolute Gasteiger partial charge is 0.328 e. The molecule has 0 atom stereocenters. The number of carbonyl (C=O) groups excluding carboxylic acids is 1. The second kappa shape index (κ2) is 5.87. The Kier molecular flexibility index (Phi) is 4.16. The number of carboxylic acids is 1. The third-order valence-electron chi connectivity index (χ3n) is 3.41. The molecule has 0 spiro atoms. The summed E-state index contributed by atoms with van der Waals surface area (Å²) in [6.07, 6.45) is 1.81. The molecule has 0 saturated carbocycles. The van der Waals surface area contributed by atoms with Crippen LogP contribution < -0.4 is 14.2 Å². The Morgan fingerprint density at radius 2 is 1.81 bits per heavy atom. The van der Waals surface area contributed by atoms with Crippen LogP contribution in [-0.4, -0.2) is 38.2 Å². The number of fused-ring (bicyclic) bond motifs is 1. The molecule has 21 heavy (non-hydrogen) atoms. The lowest BCUT2D eigenvalue weighted by molar-refractivity contribution is -0.131. The third-order valence-corrected chi connectivity index (χ3v) is 3.41. The summed E-state index contributed by atoms with van der Waals surface area (Å²) < 4.78 is 15.8. The zero-order valence-electron chi connectivity index (χ0n) is 12.1. The van der Waals surface area contributed by atoms with Gasteiger partial charge in [-0.1, -0.05) is 0 Å². The highest BCUT2D eigenvalue weighted by molar-refractivity contribution is 6.13. The number of carbonyl (C=O) groups is 2. The molecule has 0 radical (unpaired) electrons. The molecular weight excluding hydrogens is 276 g/mol. The molecule has 1 aromatic rings. The summed E-state index contributed by atoms with van der Waals surface area (Å²) in [7, 11) is 4.45. The van der Waals surface area contributed by atoms with Crippen LogP contribution in [0.5, 0.6) is 17.2 Å². The van der Waals surface area contributed by atoms with E-state index in [2.05, 4.69) is 0 Å². The average molecular weight is 292 g/mol. The predicted octanol–water partition coefficient (Wildman–Crippen LogP) is 1.85. The van der Waals surface area contributed by atoms with Crippen LogP contribution in [0, 0.1) is 0 Å². The quantitative estimate of drug-likeness (QED) is 0.853. The number of aliphatic carboxylic acids is 1. The summed E-state index contributed by atoms with van der Waals surface area (Å²) in [6, 6.07) is 1.56. The normalized spacial score (nSPS) is 15.6. The number of rotatable bonds is 4. The molecule has 2 rings (SSSR count). The molecule has 6 nitrogen and oxygen atoms in total. The fraction of sp³-hybridized carbons (Fsp3) is 0.333. The molecule has 1 aromatic carbocycles. The Bertz CT molecular complexity index is 630. The van der Waals surface area contributed by atoms with E-state index in [1.165, 1.54) is 21.3 Å². The van der Waals surface area contributed by atoms with E-state index in [9.17, 15) is 9.59 Å². The molecule has 6 heteroatoms. The largest absolute Gasteiger partial charge is 0.493 e. The summed E-state index contributed by atoms with van der Waals surface area (Å²) in [4.78, 5) is 23.2. The van der Waals surface area contributed by atoms with Crippen molar-refractivity contribution in [2.24, 2.45) is 0 Å². The standard InChI is InChI=1S/C15H16O6/c1-19-11-7-10-9(14(20-2)15(11)21-3)5-4-8(13(10)18)6-12(16)17/h6-7H,4-5H2,1-3H3,(H,16,17)/b8-6+. The Morgan fingerprint density at radius 3 is 2.33 bits per heavy atom. The number of ketones is 1. The van der Waals surface area contributed by atoms with Gasteiger partial charge in [0, 0.05) is 22.8 Å². The SMILES string of the molecule is COc1cc2c(c(OC)c1OC)CC/C(=C\C(=O)O)C2=O. The minimum atomic E-state index is -1.13. The van der Waals surface area contributed by atoms with E-state index in [1.807, 2.05) is 0 Å². The van der Waals surface area contributed by atoms with Crippen molar-refractivity contribution in [1.82, 2.24) is 0 Å². The number of methoxy groups -OCH3 is 3. The maximum absolute atomic E-state index is 12.4. The summed E-state index contributed by atoms with van der Waals surface area (Å²) >= 11 is 0. The van der Waals surface area contributed by atoms with Crippen molar-refractivity contribution in [1.29, 1.82) is 0 Å². The van der Waals surface area contributed by atoms with Gasteiger partial charge in [0.1, 0.15) is 0 Å². The van der Waals surface area contributed by atoms with Gasteiger partial charge in [-0.15, -0.1) is 0 Å².